The summed E-state index contributed by atoms with van der Waals surface area (Å²) in [6, 6.07) is 0. The molecule has 0 N–H and O–H groups in total. The van der Waals surface area contributed by atoms with E-state index in [1.54, 1.807) is 0 Å². The molecule has 0 rings (SSSR count). The molecular formula is CB3F15K-3. The maximum atomic E-state index is 9.75. The second-order valence-electron chi connectivity index (χ2n) is 1.70. The molecule has 122 valence electrons. The van der Waals surface area contributed by atoms with E-state index in [0.717, 1.165) is 0 Å². The van der Waals surface area contributed by atoms with Gasteiger partial charge in [0, 0.05) is 0 Å². The van der Waals surface area contributed by atoms with Crippen LogP contribution in [0.5, 0.6) is 0 Å². The summed E-state index contributed by atoms with van der Waals surface area (Å²) < 4.78 is 146. The van der Waals surface area contributed by atoms with E-state index in [1.807, 2.05) is 0 Å². The zero-order valence-corrected chi connectivity index (χ0v) is 12.0. The summed E-state index contributed by atoms with van der Waals surface area (Å²) >= 11 is 0. The van der Waals surface area contributed by atoms with Crippen LogP contribution in [0.2, 0.25) is 0 Å². The summed E-state index contributed by atoms with van der Waals surface area (Å²) in [5, 5.41) is 0. The Morgan fingerprint density at radius 1 is 0.400 bits per heavy atom. The first-order valence-electron chi connectivity index (χ1n) is 3.19. The van der Waals surface area contributed by atoms with Gasteiger partial charge in [0.25, 0.3) is 0 Å². The zero-order valence-electron chi connectivity index (χ0n) is 8.90. The van der Waals surface area contributed by atoms with E-state index in [0.29, 0.717) is 0 Å². The molecule has 0 saturated heterocycles. The van der Waals surface area contributed by atoms with Gasteiger partial charge in [-0.2, -0.15) is 0 Å². The molecule has 0 atom stereocenters. The van der Waals surface area contributed by atoms with Crippen molar-refractivity contribution < 1.29 is 116 Å². The van der Waals surface area contributed by atoms with E-state index in [-0.39, 0.29) is 51.4 Å². The normalized spacial score (nSPS) is 10.8. The van der Waals surface area contributed by atoms with Gasteiger partial charge in [-0.1, -0.05) is 0 Å². The van der Waals surface area contributed by atoms with Crippen LogP contribution in [0.4, 0.5) is 65.0 Å². The Morgan fingerprint density at radius 3 is 0.400 bits per heavy atom. The van der Waals surface area contributed by atoms with Crippen LogP contribution in [0.1, 0.15) is 0 Å². The minimum Gasteiger partial charge on any atom is -0.418 e. The Hall–Kier alpha value is 0.781. The topological polar surface area (TPSA) is 0 Å². The molecule has 0 radical (unpaired) electrons. The summed E-state index contributed by atoms with van der Waals surface area (Å²) in [4.78, 5) is 0. The van der Waals surface area contributed by atoms with Gasteiger partial charge in [0.2, 0.25) is 0 Å². The largest absolute Gasteiger partial charge is 1.00 e. The second-order valence-corrected chi connectivity index (χ2v) is 1.70. The fourth-order valence-corrected chi connectivity index (χ4v) is 0. The average Bonchev–Trinajstić information content (AvgIpc) is 1.66. The standard InChI is InChI=1S/CF3.3BF4.K/c2-1(3)4;3*2-1(3,4)5;/q4*-1;+1. The van der Waals surface area contributed by atoms with Gasteiger partial charge in [0.05, 0.1) is 0 Å². The van der Waals surface area contributed by atoms with Crippen molar-refractivity contribution in [1.29, 1.82) is 0 Å². The van der Waals surface area contributed by atoms with Gasteiger partial charge in [-0.3, -0.25) is 0 Å². The van der Waals surface area contributed by atoms with Crippen LogP contribution < -0.4 is 51.4 Å². The van der Waals surface area contributed by atoms with E-state index in [9.17, 15) is 65.0 Å². The first kappa shape index (κ1) is 32.7. The van der Waals surface area contributed by atoms with Gasteiger partial charge >= 0.3 is 73.1 Å². The van der Waals surface area contributed by atoms with Crippen molar-refractivity contribution in [2.24, 2.45) is 0 Å². The monoisotopic (exact) mass is 369 g/mol. The summed E-state index contributed by atoms with van der Waals surface area (Å²) in [6.45, 7) is -3.08. The smallest absolute Gasteiger partial charge is 0.418 e. The zero-order chi connectivity index (χ0) is 17.1. The summed E-state index contributed by atoms with van der Waals surface area (Å²) in [5.41, 5.74) is 0. The molecule has 20 heavy (non-hydrogen) atoms. The van der Waals surface area contributed by atoms with Gasteiger partial charge < -0.3 is 65.0 Å². The SMILES string of the molecule is F[B-](F)(F)F.F[B-](F)(F)F.F[B-](F)(F)F.F[C-](F)F.[K+]. The Labute approximate surface area is 144 Å². The quantitative estimate of drug-likeness (QED) is 0.350. The fraction of sp³-hybridized carbons (Fsp3) is 0. The van der Waals surface area contributed by atoms with Gasteiger partial charge in [0.1, 0.15) is 0 Å². The molecule has 0 nitrogen and oxygen atoms in total. The summed E-state index contributed by atoms with van der Waals surface area (Å²) in [7, 11) is -18.0. The maximum Gasteiger partial charge on any atom is 1.00 e. The molecule has 0 aromatic carbocycles. The van der Waals surface area contributed by atoms with Gasteiger partial charge in [0.15, 0.2) is 6.68 Å². The third kappa shape index (κ3) is 9730. The van der Waals surface area contributed by atoms with E-state index < -0.39 is 28.4 Å². The molecule has 0 aliphatic carbocycles. The molecule has 0 bridgehead atoms. The predicted molar refractivity (Wildman–Crippen MR) is 37.1 cm³/mol. The van der Waals surface area contributed by atoms with E-state index >= 15 is 0 Å². The van der Waals surface area contributed by atoms with Crippen LogP contribution in [0.15, 0.2) is 0 Å². The van der Waals surface area contributed by atoms with Crippen molar-refractivity contribution in [3.8, 4) is 0 Å². The van der Waals surface area contributed by atoms with Crippen molar-refractivity contribution in [2.45, 2.75) is 0 Å². The minimum absolute atomic E-state index is 0. The molecular weight excluding hydrogens is 369 g/mol. The number of hydrogen-bond donors (Lipinski definition) is 0. The molecule has 0 saturated carbocycles. The first-order chi connectivity index (χ1) is 7.73. The molecule has 0 aromatic heterocycles. The molecule has 0 aliphatic heterocycles. The Kier molecular flexibility index (Phi) is 24.0. The molecule has 0 unspecified atom stereocenters. The molecule has 0 spiro atoms. The van der Waals surface area contributed by atoms with Crippen molar-refractivity contribution in [3.05, 3.63) is 6.68 Å². The van der Waals surface area contributed by atoms with Crippen molar-refractivity contribution in [1.82, 2.24) is 0 Å². The number of hydrogen-bond acceptors (Lipinski definition) is 0. The summed E-state index contributed by atoms with van der Waals surface area (Å²) in [6.07, 6.45) is 0. The van der Waals surface area contributed by atoms with Crippen molar-refractivity contribution in [2.75, 3.05) is 0 Å². The Bertz CT molecular complexity index is 128. The van der Waals surface area contributed by atoms with Crippen LogP contribution in [0, 0.1) is 6.68 Å². The predicted octanol–water partition coefficient (Wildman–Crippen LogP) is 2.25. The third-order valence-corrected chi connectivity index (χ3v) is 0. The molecule has 0 aliphatic rings. The van der Waals surface area contributed by atoms with E-state index in [2.05, 4.69) is 0 Å². The van der Waals surface area contributed by atoms with Crippen molar-refractivity contribution >= 4 is 21.8 Å². The molecule has 0 heterocycles. The number of halogens is 15. The molecule has 0 aromatic rings. The number of rotatable bonds is 0. The summed E-state index contributed by atoms with van der Waals surface area (Å²) in [5.74, 6) is 0. The Balaban J connectivity index is -0.0000000494. The van der Waals surface area contributed by atoms with Gasteiger partial charge in [-0.15, -0.1) is 0 Å². The fourth-order valence-electron chi connectivity index (χ4n) is 0. The van der Waals surface area contributed by atoms with Crippen LogP contribution in [-0.4, -0.2) is 21.8 Å². The van der Waals surface area contributed by atoms with Crippen LogP contribution >= 0.6 is 0 Å². The van der Waals surface area contributed by atoms with E-state index in [4.69, 9.17) is 0 Å². The third-order valence-electron chi connectivity index (χ3n) is 0. The molecule has 0 fully saturated rings. The average molecular weight is 369 g/mol. The van der Waals surface area contributed by atoms with Gasteiger partial charge in [-0.25, -0.2) is 0 Å². The maximum absolute atomic E-state index is 9.75. The van der Waals surface area contributed by atoms with Gasteiger partial charge in [-0.05, 0) is 0 Å². The second kappa shape index (κ2) is 14.7. The Morgan fingerprint density at radius 2 is 0.400 bits per heavy atom. The van der Waals surface area contributed by atoms with Crippen LogP contribution in [0.3, 0.4) is 0 Å². The molecule has 19 heteroatoms. The minimum atomic E-state index is -6.00. The van der Waals surface area contributed by atoms with Crippen LogP contribution in [0.25, 0.3) is 0 Å². The van der Waals surface area contributed by atoms with E-state index in [1.165, 1.54) is 0 Å². The van der Waals surface area contributed by atoms with Crippen LogP contribution in [-0.2, 0) is 0 Å². The molecule has 0 amide bonds. The van der Waals surface area contributed by atoms with Crippen molar-refractivity contribution in [3.63, 3.8) is 0 Å². The first-order valence-corrected chi connectivity index (χ1v) is 3.19.